The van der Waals surface area contributed by atoms with E-state index < -0.39 is 16.7 Å². The molecule has 2 amide bonds. The van der Waals surface area contributed by atoms with Gasteiger partial charge in [-0.1, -0.05) is 0 Å². The number of azo groups is 1. The first-order chi connectivity index (χ1) is 15.3. The first-order valence-corrected chi connectivity index (χ1v) is 9.16. The highest BCUT2D eigenvalue weighted by Gasteiger charge is 2.19. The van der Waals surface area contributed by atoms with Crippen LogP contribution in [0.4, 0.5) is 5.69 Å². The molecule has 0 aliphatic carbocycles. The number of aromatic hydroxyl groups is 2. The zero-order valence-corrected chi connectivity index (χ0v) is 16.2. The third kappa shape index (κ3) is 3.81. The fraction of sp³-hybridized carbons (Fsp3) is 0.0476. The van der Waals surface area contributed by atoms with E-state index in [4.69, 9.17) is 4.42 Å². The summed E-state index contributed by atoms with van der Waals surface area (Å²) in [7, 11) is 0. The average molecular weight is 434 g/mol. The molecule has 2 aromatic heterocycles. The van der Waals surface area contributed by atoms with Crippen LogP contribution in [-0.4, -0.2) is 31.5 Å². The number of rotatable bonds is 5. The summed E-state index contributed by atoms with van der Waals surface area (Å²) >= 11 is 0. The molecule has 0 bridgehead atoms. The van der Waals surface area contributed by atoms with Gasteiger partial charge in [0.1, 0.15) is 5.76 Å². The highest BCUT2D eigenvalue weighted by Crippen LogP contribution is 2.37. The van der Waals surface area contributed by atoms with E-state index in [0.717, 1.165) is 12.1 Å². The minimum atomic E-state index is -0.848. The second-order valence-corrected chi connectivity index (χ2v) is 6.69. The smallest absolute Gasteiger partial charge is 0.295 e. The number of hydrogen-bond donors (Lipinski definition) is 2. The SMILES string of the molecule is O=C(N=NC(=O)c1ccc2c(O)n(Cc3ccco3)c(O)c2c1)c1ccc([N+](=O)[O-])cc1. The summed E-state index contributed by atoms with van der Waals surface area (Å²) in [5, 5.41) is 38.8. The average Bonchev–Trinajstić information content (AvgIpc) is 3.40. The van der Waals surface area contributed by atoms with E-state index in [1.165, 1.54) is 41.2 Å². The number of nitrogens with zero attached hydrogens (tertiary/aromatic N) is 4. The minimum Gasteiger partial charge on any atom is -0.494 e. The Hall–Kier alpha value is -4.80. The van der Waals surface area contributed by atoms with Crippen LogP contribution < -0.4 is 0 Å². The van der Waals surface area contributed by atoms with Crippen LogP contribution >= 0.6 is 0 Å². The number of hydrogen-bond acceptors (Lipinski definition) is 7. The lowest BCUT2D eigenvalue weighted by molar-refractivity contribution is -0.384. The number of benzene rings is 2. The normalized spacial score (nSPS) is 11.2. The van der Waals surface area contributed by atoms with Crippen molar-refractivity contribution in [3.05, 3.63) is 87.9 Å². The predicted molar refractivity (Wildman–Crippen MR) is 110 cm³/mol. The third-order valence-corrected chi connectivity index (χ3v) is 4.71. The van der Waals surface area contributed by atoms with Gasteiger partial charge in [-0.25, -0.2) is 0 Å². The largest absolute Gasteiger partial charge is 0.494 e. The molecule has 0 spiro atoms. The van der Waals surface area contributed by atoms with Crippen molar-refractivity contribution in [2.75, 3.05) is 0 Å². The van der Waals surface area contributed by atoms with Crippen LogP contribution in [-0.2, 0) is 6.54 Å². The number of non-ortho nitro benzene ring substituents is 1. The lowest BCUT2D eigenvalue weighted by atomic mass is 10.1. The minimum absolute atomic E-state index is 0.0279. The molecular weight excluding hydrogens is 420 g/mol. The van der Waals surface area contributed by atoms with Gasteiger partial charge < -0.3 is 14.6 Å². The maximum absolute atomic E-state index is 12.4. The molecule has 0 radical (unpaired) electrons. The van der Waals surface area contributed by atoms with Crippen molar-refractivity contribution < 1.29 is 29.1 Å². The molecule has 0 unspecified atom stereocenters. The molecule has 4 aromatic rings. The summed E-state index contributed by atoms with van der Waals surface area (Å²) in [4.78, 5) is 34.5. The van der Waals surface area contributed by atoms with Crippen molar-refractivity contribution in [2.45, 2.75) is 6.54 Å². The van der Waals surface area contributed by atoms with Gasteiger partial charge in [-0.15, -0.1) is 10.2 Å². The van der Waals surface area contributed by atoms with E-state index in [2.05, 4.69) is 10.2 Å². The summed E-state index contributed by atoms with van der Waals surface area (Å²) in [5.41, 5.74) is -0.131. The summed E-state index contributed by atoms with van der Waals surface area (Å²) in [6, 6.07) is 12.2. The molecule has 0 fully saturated rings. The van der Waals surface area contributed by atoms with Gasteiger partial charge in [0.05, 0.1) is 17.7 Å². The molecule has 0 saturated carbocycles. The first kappa shape index (κ1) is 20.5. The highest BCUT2D eigenvalue weighted by atomic mass is 16.6. The summed E-state index contributed by atoms with van der Waals surface area (Å²) < 4.78 is 6.44. The molecule has 160 valence electrons. The Morgan fingerprint density at radius 3 is 2.19 bits per heavy atom. The van der Waals surface area contributed by atoms with Crippen LogP contribution in [0.2, 0.25) is 0 Å². The van der Waals surface area contributed by atoms with Gasteiger partial charge in [-0.05, 0) is 42.5 Å². The lowest BCUT2D eigenvalue weighted by Gasteiger charge is -2.03. The quantitative estimate of drug-likeness (QED) is 0.272. The molecule has 2 N–H and O–H groups in total. The van der Waals surface area contributed by atoms with Gasteiger partial charge in [0.25, 0.3) is 17.5 Å². The summed E-state index contributed by atoms with van der Waals surface area (Å²) in [5.74, 6) is -1.67. The number of carbonyl (C=O) groups is 2. The Kier molecular flexibility index (Phi) is 5.21. The van der Waals surface area contributed by atoms with Gasteiger partial charge in [0.15, 0.2) is 0 Å². The zero-order valence-electron chi connectivity index (χ0n) is 16.2. The van der Waals surface area contributed by atoms with Gasteiger partial charge in [-0.2, -0.15) is 0 Å². The van der Waals surface area contributed by atoms with Crippen LogP contribution in [0.1, 0.15) is 26.5 Å². The van der Waals surface area contributed by atoms with Gasteiger partial charge in [0.2, 0.25) is 11.8 Å². The van der Waals surface area contributed by atoms with E-state index in [9.17, 15) is 29.9 Å². The lowest BCUT2D eigenvalue weighted by Crippen LogP contribution is -1.98. The van der Waals surface area contributed by atoms with E-state index in [-0.39, 0.29) is 40.5 Å². The topological polar surface area (TPSA) is 161 Å². The number of aromatic nitrogens is 1. The molecular formula is C21H14N4O7. The van der Waals surface area contributed by atoms with Gasteiger partial charge >= 0.3 is 0 Å². The van der Waals surface area contributed by atoms with Crippen molar-refractivity contribution in [2.24, 2.45) is 10.2 Å². The fourth-order valence-electron chi connectivity index (χ4n) is 3.09. The number of amides is 2. The van der Waals surface area contributed by atoms with Gasteiger partial charge in [-0.3, -0.25) is 24.3 Å². The van der Waals surface area contributed by atoms with E-state index >= 15 is 0 Å². The van der Waals surface area contributed by atoms with Crippen LogP contribution in [0.15, 0.2) is 75.5 Å². The number of nitro groups is 1. The zero-order chi connectivity index (χ0) is 22.8. The predicted octanol–water partition coefficient (Wildman–Crippen LogP) is 4.03. The number of carbonyl (C=O) groups excluding carboxylic acids is 2. The van der Waals surface area contributed by atoms with Crippen LogP contribution in [0.3, 0.4) is 0 Å². The van der Waals surface area contributed by atoms with Crippen LogP contribution in [0.5, 0.6) is 11.8 Å². The molecule has 11 nitrogen and oxygen atoms in total. The van der Waals surface area contributed by atoms with Crippen molar-refractivity contribution in [3.8, 4) is 11.8 Å². The fourth-order valence-corrected chi connectivity index (χ4v) is 3.09. The van der Waals surface area contributed by atoms with Crippen LogP contribution in [0.25, 0.3) is 10.8 Å². The maximum Gasteiger partial charge on any atom is 0.295 e. The molecule has 11 heteroatoms. The van der Waals surface area contributed by atoms with E-state index in [1.807, 2.05) is 0 Å². The molecule has 0 atom stereocenters. The van der Waals surface area contributed by atoms with Crippen molar-refractivity contribution >= 4 is 28.3 Å². The summed E-state index contributed by atoms with van der Waals surface area (Å²) in [6.45, 7) is 0.0755. The Bertz CT molecular complexity index is 1370. The number of furan rings is 1. The van der Waals surface area contributed by atoms with Crippen molar-refractivity contribution in [3.63, 3.8) is 0 Å². The Morgan fingerprint density at radius 2 is 1.56 bits per heavy atom. The second kappa shape index (κ2) is 8.14. The molecule has 2 aromatic carbocycles. The molecule has 2 heterocycles. The molecule has 0 aliphatic rings. The standard InChI is InChI=1S/C21H14N4O7/c26-18(12-3-6-14(7-4-12)25(30)31)22-23-19(27)13-5-8-16-17(10-13)21(29)24(20(16)28)11-15-2-1-9-32-15/h1-10,28-29H,11H2. The Balaban J connectivity index is 1.56. The number of nitro benzene ring substituents is 1. The van der Waals surface area contributed by atoms with Crippen LogP contribution in [0, 0.1) is 10.1 Å². The first-order valence-electron chi connectivity index (χ1n) is 9.16. The second-order valence-electron chi connectivity index (χ2n) is 6.69. The molecule has 32 heavy (non-hydrogen) atoms. The maximum atomic E-state index is 12.4. The summed E-state index contributed by atoms with van der Waals surface area (Å²) in [6.07, 6.45) is 1.46. The molecule has 0 aliphatic heterocycles. The third-order valence-electron chi connectivity index (χ3n) is 4.71. The Morgan fingerprint density at radius 1 is 0.938 bits per heavy atom. The van der Waals surface area contributed by atoms with Gasteiger partial charge in [0, 0.05) is 34.0 Å². The van der Waals surface area contributed by atoms with Crippen molar-refractivity contribution in [1.82, 2.24) is 4.57 Å². The monoisotopic (exact) mass is 434 g/mol. The van der Waals surface area contributed by atoms with Crippen molar-refractivity contribution in [1.29, 1.82) is 0 Å². The molecule has 0 saturated heterocycles. The van der Waals surface area contributed by atoms with E-state index in [0.29, 0.717) is 11.1 Å². The Labute approximate surface area is 179 Å². The molecule has 4 rings (SSSR count). The van der Waals surface area contributed by atoms with E-state index in [1.54, 1.807) is 12.1 Å². The highest BCUT2D eigenvalue weighted by molar-refractivity contribution is 6.03. The number of fused-ring (bicyclic) bond motifs is 1.